The zero-order valence-electron chi connectivity index (χ0n) is 21.5. The molecule has 5 heterocycles. The lowest BCUT2D eigenvalue weighted by molar-refractivity contribution is -0.118. The third kappa shape index (κ3) is 4.87. The summed E-state index contributed by atoms with van der Waals surface area (Å²) in [6, 6.07) is 5.51. The maximum absolute atomic E-state index is 12.0. The lowest BCUT2D eigenvalue weighted by atomic mass is 9.79. The Morgan fingerprint density at radius 2 is 1.83 bits per heavy atom. The molecule has 1 unspecified atom stereocenters. The number of aldehydes is 1. The van der Waals surface area contributed by atoms with Gasteiger partial charge >= 0.3 is 0 Å². The minimum atomic E-state index is 0.118. The van der Waals surface area contributed by atoms with E-state index in [0.29, 0.717) is 30.0 Å². The minimum absolute atomic E-state index is 0.118. The van der Waals surface area contributed by atoms with Gasteiger partial charge in [-0.3, -0.25) is 10.00 Å². The van der Waals surface area contributed by atoms with E-state index < -0.39 is 0 Å². The molecule has 3 aliphatic heterocycles. The standard InChI is InChI=1S/C27H39N7O2/c1-17-12-26(32-31-17)29-25-15-23(18-8-10-36-11-9-18)28-27(30-25)33(2)22-13-20-4-3-5-21(14-22)34(20)24(16-35)19-6-7-19/h12,15-16,18-22,24H,3-11,13-14H2,1-2H3,(H2,28,29,30,31,32)/t20-,21+,22-,24?. The van der Waals surface area contributed by atoms with Crippen LogP contribution in [-0.2, 0) is 9.53 Å². The molecule has 0 amide bonds. The van der Waals surface area contributed by atoms with Crippen LogP contribution in [0.25, 0.3) is 0 Å². The van der Waals surface area contributed by atoms with Gasteiger partial charge in [0.05, 0.1) is 11.7 Å². The van der Waals surface area contributed by atoms with E-state index in [1.165, 1.54) is 38.4 Å². The van der Waals surface area contributed by atoms with E-state index in [0.717, 1.165) is 67.9 Å². The molecule has 9 heteroatoms. The Hall–Kier alpha value is -2.52. The molecule has 4 fully saturated rings. The average molecular weight is 494 g/mol. The molecular weight excluding hydrogens is 454 g/mol. The first-order valence-corrected chi connectivity index (χ1v) is 13.8. The van der Waals surface area contributed by atoms with Crippen molar-refractivity contribution in [3.05, 3.63) is 23.5 Å². The first-order valence-electron chi connectivity index (χ1n) is 13.8. The largest absolute Gasteiger partial charge is 0.381 e. The van der Waals surface area contributed by atoms with Gasteiger partial charge in [-0.1, -0.05) is 6.42 Å². The number of aryl methyl sites for hydroxylation is 1. The summed E-state index contributed by atoms with van der Waals surface area (Å²) in [5, 5.41) is 10.7. The molecule has 1 saturated carbocycles. The van der Waals surface area contributed by atoms with Crippen LogP contribution in [0.2, 0.25) is 0 Å². The fraction of sp³-hybridized carbons (Fsp3) is 0.704. The zero-order valence-corrected chi connectivity index (χ0v) is 21.5. The molecule has 2 aromatic heterocycles. The normalized spacial score (nSPS) is 28.0. The number of nitrogens with zero attached hydrogens (tertiary/aromatic N) is 5. The molecule has 0 spiro atoms. The van der Waals surface area contributed by atoms with Gasteiger partial charge in [-0.2, -0.15) is 10.1 Å². The molecule has 0 radical (unpaired) electrons. The Morgan fingerprint density at radius 3 is 2.47 bits per heavy atom. The van der Waals surface area contributed by atoms with Crippen LogP contribution in [0.3, 0.4) is 0 Å². The summed E-state index contributed by atoms with van der Waals surface area (Å²) in [4.78, 5) is 27.0. The predicted molar refractivity (Wildman–Crippen MR) is 139 cm³/mol. The van der Waals surface area contributed by atoms with Crippen molar-refractivity contribution in [2.24, 2.45) is 5.92 Å². The summed E-state index contributed by atoms with van der Waals surface area (Å²) in [7, 11) is 2.15. The smallest absolute Gasteiger partial charge is 0.227 e. The van der Waals surface area contributed by atoms with Crippen molar-refractivity contribution >= 4 is 23.9 Å². The van der Waals surface area contributed by atoms with E-state index in [1.54, 1.807) is 0 Å². The van der Waals surface area contributed by atoms with Crippen molar-refractivity contribution in [2.75, 3.05) is 30.5 Å². The van der Waals surface area contributed by atoms with Crippen LogP contribution in [0.1, 0.15) is 75.1 Å². The van der Waals surface area contributed by atoms with Gasteiger partial charge in [0.2, 0.25) is 5.95 Å². The van der Waals surface area contributed by atoms with Crippen LogP contribution in [0.15, 0.2) is 12.1 Å². The van der Waals surface area contributed by atoms with E-state index in [4.69, 9.17) is 14.7 Å². The first-order chi connectivity index (χ1) is 17.6. The molecule has 194 valence electrons. The highest BCUT2D eigenvalue weighted by Gasteiger charge is 2.47. The second-order valence-electron chi connectivity index (χ2n) is 11.3. The molecule has 6 rings (SSSR count). The topological polar surface area (TPSA) is 99.3 Å². The molecule has 9 nitrogen and oxygen atoms in total. The molecule has 2 aromatic rings. The number of anilines is 3. The molecular formula is C27H39N7O2. The summed E-state index contributed by atoms with van der Waals surface area (Å²) < 4.78 is 5.61. The number of piperidine rings is 2. The number of aromatic amines is 1. The van der Waals surface area contributed by atoms with E-state index in [-0.39, 0.29) is 6.04 Å². The minimum Gasteiger partial charge on any atom is -0.381 e. The highest BCUT2D eigenvalue weighted by Crippen LogP contribution is 2.43. The second kappa shape index (κ2) is 10.1. The van der Waals surface area contributed by atoms with Crippen molar-refractivity contribution in [2.45, 2.75) is 94.8 Å². The number of fused-ring (bicyclic) bond motifs is 2. The molecule has 4 atom stereocenters. The average Bonchev–Trinajstić information content (AvgIpc) is 3.65. The van der Waals surface area contributed by atoms with Gasteiger partial charge in [-0.15, -0.1) is 0 Å². The van der Waals surface area contributed by atoms with E-state index in [2.05, 4.69) is 38.4 Å². The number of rotatable bonds is 8. The van der Waals surface area contributed by atoms with E-state index >= 15 is 0 Å². The number of aromatic nitrogens is 4. The van der Waals surface area contributed by atoms with Gasteiger partial charge in [-0.25, -0.2) is 4.98 Å². The van der Waals surface area contributed by atoms with Gasteiger partial charge < -0.3 is 19.7 Å². The van der Waals surface area contributed by atoms with Crippen molar-refractivity contribution in [3.8, 4) is 0 Å². The Bertz CT molecular complexity index is 1050. The number of H-pyrrole nitrogens is 1. The number of nitrogens with one attached hydrogen (secondary N) is 2. The van der Waals surface area contributed by atoms with Crippen LogP contribution in [0.5, 0.6) is 0 Å². The number of hydrogen-bond acceptors (Lipinski definition) is 8. The van der Waals surface area contributed by atoms with Crippen molar-refractivity contribution in [3.63, 3.8) is 0 Å². The Morgan fingerprint density at radius 1 is 1.08 bits per heavy atom. The quantitative estimate of drug-likeness (QED) is 0.534. The fourth-order valence-corrected chi connectivity index (χ4v) is 6.71. The van der Waals surface area contributed by atoms with E-state index in [1.807, 2.05) is 13.0 Å². The maximum Gasteiger partial charge on any atom is 0.227 e. The molecule has 2 N–H and O–H groups in total. The van der Waals surface area contributed by atoms with Gasteiger partial charge in [0, 0.05) is 62.1 Å². The number of carbonyl (C=O) groups excluding carboxylic acids is 1. The Kier molecular flexibility index (Phi) is 6.69. The first kappa shape index (κ1) is 23.9. The van der Waals surface area contributed by atoms with Crippen LogP contribution in [0, 0.1) is 12.8 Å². The van der Waals surface area contributed by atoms with Crippen molar-refractivity contribution < 1.29 is 9.53 Å². The summed E-state index contributed by atoms with van der Waals surface area (Å²) >= 11 is 0. The number of ether oxygens (including phenoxy) is 1. The van der Waals surface area contributed by atoms with E-state index in [9.17, 15) is 4.79 Å². The summed E-state index contributed by atoms with van der Waals surface area (Å²) in [6.07, 6.45) is 11.4. The highest BCUT2D eigenvalue weighted by molar-refractivity contribution is 5.59. The summed E-state index contributed by atoms with van der Waals surface area (Å²) in [5.41, 5.74) is 2.09. The molecule has 3 saturated heterocycles. The molecule has 1 aliphatic carbocycles. The SMILES string of the molecule is Cc1cc(Nc2cc(C3CCOCC3)nc(N(C)[C@@H]3C[C@H]4CCC[C@@H](C3)N4C(C=O)C3CC3)n2)n[nH]1. The fourth-order valence-electron chi connectivity index (χ4n) is 6.71. The monoisotopic (exact) mass is 493 g/mol. The van der Waals surface area contributed by atoms with Gasteiger partial charge in [0.15, 0.2) is 5.82 Å². The lowest BCUT2D eigenvalue weighted by Crippen LogP contribution is -2.60. The number of carbonyl (C=O) groups is 1. The van der Waals surface area contributed by atoms with Crippen LogP contribution < -0.4 is 10.2 Å². The summed E-state index contributed by atoms with van der Waals surface area (Å²) in [5.74, 6) is 3.29. The van der Waals surface area contributed by atoms with Crippen molar-refractivity contribution in [1.82, 2.24) is 25.1 Å². The molecule has 2 bridgehead atoms. The van der Waals surface area contributed by atoms with Gasteiger partial charge in [0.1, 0.15) is 12.1 Å². The third-order valence-corrected chi connectivity index (χ3v) is 8.79. The Balaban J connectivity index is 1.25. The zero-order chi connectivity index (χ0) is 24.6. The highest BCUT2D eigenvalue weighted by atomic mass is 16.5. The van der Waals surface area contributed by atoms with Gasteiger partial charge in [-0.05, 0) is 64.2 Å². The van der Waals surface area contributed by atoms with Crippen molar-refractivity contribution in [1.29, 1.82) is 0 Å². The Labute approximate surface area is 213 Å². The summed E-state index contributed by atoms with van der Waals surface area (Å²) in [6.45, 7) is 3.55. The van der Waals surface area contributed by atoms with Crippen LogP contribution >= 0.6 is 0 Å². The molecule has 4 aliphatic rings. The van der Waals surface area contributed by atoms with Crippen LogP contribution in [0.4, 0.5) is 17.6 Å². The van der Waals surface area contributed by atoms with Gasteiger partial charge in [0.25, 0.3) is 0 Å². The third-order valence-electron chi connectivity index (χ3n) is 8.79. The second-order valence-corrected chi connectivity index (χ2v) is 11.3. The predicted octanol–water partition coefficient (Wildman–Crippen LogP) is 3.94. The lowest BCUT2D eigenvalue weighted by Gasteiger charge is -2.52. The van der Waals surface area contributed by atoms with Crippen LogP contribution in [-0.4, -0.2) is 75.8 Å². The number of hydrogen-bond donors (Lipinski definition) is 2. The molecule has 36 heavy (non-hydrogen) atoms. The maximum atomic E-state index is 12.0. The molecule has 0 aromatic carbocycles.